The van der Waals surface area contributed by atoms with Gasteiger partial charge in [0.05, 0.1) is 17.0 Å². The number of sulfonamides is 1. The molecule has 33 heavy (non-hydrogen) atoms. The van der Waals surface area contributed by atoms with Crippen LogP contribution in [0.1, 0.15) is 31.7 Å². The largest absolute Gasteiger partial charge is 0.464 e. The molecule has 1 aromatic heterocycles. The predicted molar refractivity (Wildman–Crippen MR) is 123 cm³/mol. The van der Waals surface area contributed by atoms with E-state index in [0.29, 0.717) is 30.9 Å². The highest BCUT2D eigenvalue weighted by atomic mass is 32.2. The number of benzene rings is 2. The SMILES string of the molecule is CCCOC(=O)Cn1c(=O)oc2cc(S(=O)(=O)N3CCC(Cc4ccccc4)CC3)ccc21. The van der Waals surface area contributed by atoms with E-state index in [1.807, 2.05) is 25.1 Å². The number of carbonyl (C=O) groups excluding carboxylic acids is 1. The van der Waals surface area contributed by atoms with Crippen LogP contribution in [-0.2, 0) is 32.5 Å². The van der Waals surface area contributed by atoms with E-state index in [2.05, 4.69) is 12.1 Å². The zero-order valence-electron chi connectivity index (χ0n) is 18.6. The molecule has 0 spiro atoms. The van der Waals surface area contributed by atoms with Crippen molar-refractivity contribution < 1.29 is 22.4 Å². The lowest BCUT2D eigenvalue weighted by Gasteiger charge is -2.31. The molecule has 1 aliphatic rings. The zero-order chi connectivity index (χ0) is 23.4. The number of aromatic nitrogens is 1. The molecule has 0 amide bonds. The van der Waals surface area contributed by atoms with Crippen molar-refractivity contribution in [3.63, 3.8) is 0 Å². The van der Waals surface area contributed by atoms with E-state index in [9.17, 15) is 18.0 Å². The smallest absolute Gasteiger partial charge is 0.420 e. The molecule has 8 nitrogen and oxygen atoms in total. The van der Waals surface area contributed by atoms with Crippen molar-refractivity contribution in [2.24, 2.45) is 5.92 Å². The Bertz CT molecular complexity index is 1270. The van der Waals surface area contributed by atoms with E-state index in [1.165, 1.54) is 28.1 Å². The molecule has 2 aromatic carbocycles. The maximum atomic E-state index is 13.2. The summed E-state index contributed by atoms with van der Waals surface area (Å²) in [5.74, 6) is -0.827. The van der Waals surface area contributed by atoms with E-state index in [0.717, 1.165) is 23.8 Å². The number of carbonyl (C=O) groups is 1. The van der Waals surface area contributed by atoms with Crippen molar-refractivity contribution in [2.45, 2.75) is 44.0 Å². The van der Waals surface area contributed by atoms with E-state index in [-0.39, 0.29) is 23.6 Å². The molecular formula is C24H28N2O6S. The number of fused-ring (bicyclic) bond motifs is 1. The fourth-order valence-electron chi connectivity index (χ4n) is 4.20. The quantitative estimate of drug-likeness (QED) is 0.467. The lowest BCUT2D eigenvalue weighted by Crippen LogP contribution is -2.38. The summed E-state index contributed by atoms with van der Waals surface area (Å²) in [6, 6.07) is 14.5. The lowest BCUT2D eigenvalue weighted by molar-refractivity contribution is -0.144. The molecule has 0 aliphatic carbocycles. The molecule has 1 saturated heterocycles. The van der Waals surface area contributed by atoms with Gasteiger partial charge in [-0.25, -0.2) is 13.2 Å². The molecule has 4 rings (SSSR count). The van der Waals surface area contributed by atoms with Gasteiger partial charge in [-0.05, 0) is 49.3 Å². The second-order valence-electron chi connectivity index (χ2n) is 8.34. The minimum Gasteiger partial charge on any atom is -0.464 e. The highest BCUT2D eigenvalue weighted by Crippen LogP contribution is 2.27. The van der Waals surface area contributed by atoms with E-state index >= 15 is 0 Å². The number of esters is 1. The highest BCUT2D eigenvalue weighted by molar-refractivity contribution is 7.89. The van der Waals surface area contributed by atoms with Crippen LogP contribution < -0.4 is 5.76 Å². The number of piperidine rings is 1. The van der Waals surface area contributed by atoms with Crippen molar-refractivity contribution in [1.29, 1.82) is 0 Å². The fraction of sp³-hybridized carbons (Fsp3) is 0.417. The first-order valence-electron chi connectivity index (χ1n) is 11.2. The average Bonchev–Trinajstić information content (AvgIpc) is 3.13. The molecule has 0 atom stereocenters. The van der Waals surface area contributed by atoms with Crippen LogP contribution in [0.3, 0.4) is 0 Å². The predicted octanol–water partition coefficient (Wildman–Crippen LogP) is 3.19. The summed E-state index contributed by atoms with van der Waals surface area (Å²) >= 11 is 0. The molecule has 0 bridgehead atoms. The van der Waals surface area contributed by atoms with Crippen molar-refractivity contribution in [3.8, 4) is 0 Å². The molecule has 1 fully saturated rings. The molecule has 1 aliphatic heterocycles. The van der Waals surface area contributed by atoms with Gasteiger partial charge in [-0.15, -0.1) is 0 Å². The number of oxazole rings is 1. The third kappa shape index (κ3) is 5.20. The number of rotatable bonds is 8. The topological polar surface area (TPSA) is 98.8 Å². The molecule has 2 heterocycles. The van der Waals surface area contributed by atoms with Crippen LogP contribution in [0, 0.1) is 5.92 Å². The minimum absolute atomic E-state index is 0.0750. The summed E-state index contributed by atoms with van der Waals surface area (Å²) in [5, 5.41) is 0. The van der Waals surface area contributed by atoms with Gasteiger partial charge in [0, 0.05) is 19.2 Å². The molecule has 0 saturated carbocycles. The van der Waals surface area contributed by atoms with Gasteiger partial charge in [0.25, 0.3) is 0 Å². The maximum absolute atomic E-state index is 13.2. The lowest BCUT2D eigenvalue weighted by atomic mass is 9.91. The summed E-state index contributed by atoms with van der Waals surface area (Å²) in [6.07, 6.45) is 3.21. The Hall–Kier alpha value is -2.91. The van der Waals surface area contributed by atoms with Gasteiger partial charge in [0.15, 0.2) is 5.58 Å². The Morgan fingerprint density at radius 1 is 1.12 bits per heavy atom. The van der Waals surface area contributed by atoms with Crippen LogP contribution in [0.4, 0.5) is 0 Å². The summed E-state index contributed by atoms with van der Waals surface area (Å²) in [5.41, 5.74) is 1.75. The van der Waals surface area contributed by atoms with Gasteiger partial charge in [-0.3, -0.25) is 9.36 Å². The van der Waals surface area contributed by atoms with Gasteiger partial charge in [0.2, 0.25) is 10.0 Å². The summed E-state index contributed by atoms with van der Waals surface area (Å²) in [4.78, 5) is 24.2. The number of ether oxygens (including phenoxy) is 1. The van der Waals surface area contributed by atoms with Gasteiger partial charge in [-0.2, -0.15) is 4.31 Å². The second-order valence-corrected chi connectivity index (χ2v) is 10.3. The third-order valence-corrected chi connectivity index (χ3v) is 7.87. The minimum atomic E-state index is -3.72. The zero-order valence-corrected chi connectivity index (χ0v) is 19.4. The van der Waals surface area contributed by atoms with Crippen LogP contribution in [0.15, 0.2) is 62.6 Å². The molecular weight excluding hydrogens is 444 g/mol. The normalized spacial score (nSPS) is 15.7. The average molecular weight is 473 g/mol. The number of nitrogens with zero attached hydrogens (tertiary/aromatic N) is 2. The van der Waals surface area contributed by atoms with Crippen LogP contribution in [-0.4, -0.2) is 43.0 Å². The van der Waals surface area contributed by atoms with Crippen LogP contribution in [0.2, 0.25) is 0 Å². The monoisotopic (exact) mass is 472 g/mol. The Labute approximate surface area is 192 Å². The van der Waals surface area contributed by atoms with Crippen LogP contribution >= 0.6 is 0 Å². The molecule has 0 N–H and O–H groups in total. The first kappa shape index (κ1) is 23.3. The maximum Gasteiger partial charge on any atom is 0.420 e. The van der Waals surface area contributed by atoms with Crippen molar-refractivity contribution in [3.05, 3.63) is 64.6 Å². The molecule has 9 heteroatoms. The molecule has 3 aromatic rings. The summed E-state index contributed by atoms with van der Waals surface area (Å²) < 4.78 is 39.3. The summed E-state index contributed by atoms with van der Waals surface area (Å²) in [7, 11) is -3.72. The van der Waals surface area contributed by atoms with Gasteiger partial charge >= 0.3 is 11.7 Å². The van der Waals surface area contributed by atoms with Gasteiger partial charge in [0.1, 0.15) is 6.54 Å². The third-order valence-electron chi connectivity index (χ3n) is 5.97. The Morgan fingerprint density at radius 2 is 1.85 bits per heavy atom. The summed E-state index contributed by atoms with van der Waals surface area (Å²) in [6.45, 7) is 2.76. The molecule has 0 unspecified atom stereocenters. The highest BCUT2D eigenvalue weighted by Gasteiger charge is 2.30. The second kappa shape index (κ2) is 9.93. The van der Waals surface area contributed by atoms with Crippen molar-refractivity contribution >= 4 is 27.1 Å². The molecule has 176 valence electrons. The Kier molecular flexibility index (Phi) is 6.99. The van der Waals surface area contributed by atoms with Crippen molar-refractivity contribution in [1.82, 2.24) is 8.87 Å². The fourth-order valence-corrected chi connectivity index (χ4v) is 5.68. The van der Waals surface area contributed by atoms with E-state index in [4.69, 9.17) is 9.15 Å². The number of hydrogen-bond acceptors (Lipinski definition) is 6. The standard InChI is InChI=1S/C24H28N2O6S/c1-2-14-31-23(27)17-26-21-9-8-20(16-22(21)32-24(26)28)33(29,30)25-12-10-19(11-13-25)15-18-6-4-3-5-7-18/h3-9,16,19H,2,10-15,17H2,1H3. The first-order chi connectivity index (χ1) is 15.9. The Balaban J connectivity index is 1.47. The Morgan fingerprint density at radius 3 is 2.55 bits per heavy atom. The van der Waals surface area contributed by atoms with E-state index in [1.54, 1.807) is 0 Å². The van der Waals surface area contributed by atoms with Gasteiger partial charge < -0.3 is 9.15 Å². The van der Waals surface area contributed by atoms with Crippen LogP contribution in [0.25, 0.3) is 11.1 Å². The van der Waals surface area contributed by atoms with Gasteiger partial charge in [-0.1, -0.05) is 37.3 Å². The molecule has 0 radical (unpaired) electrons. The van der Waals surface area contributed by atoms with Crippen molar-refractivity contribution in [2.75, 3.05) is 19.7 Å². The van der Waals surface area contributed by atoms with E-state index < -0.39 is 21.7 Å². The van der Waals surface area contributed by atoms with Crippen LogP contribution in [0.5, 0.6) is 0 Å². The number of hydrogen-bond donors (Lipinski definition) is 0. The first-order valence-corrected chi connectivity index (χ1v) is 12.7.